The summed E-state index contributed by atoms with van der Waals surface area (Å²) in [4.78, 5) is 22.8. The first-order valence-electron chi connectivity index (χ1n) is 8.28. The maximum atomic E-state index is 13.5. The van der Waals surface area contributed by atoms with Crippen LogP contribution >= 0.6 is 0 Å². The summed E-state index contributed by atoms with van der Waals surface area (Å²) in [6.07, 6.45) is -4.72. The number of alkyl halides is 3. The molecule has 0 saturated carbocycles. The van der Waals surface area contributed by atoms with Gasteiger partial charge < -0.3 is 5.32 Å². The van der Waals surface area contributed by atoms with Crippen LogP contribution in [0.25, 0.3) is 5.69 Å². The summed E-state index contributed by atoms with van der Waals surface area (Å²) in [5.41, 5.74) is -0.265. The molecule has 0 spiro atoms. The molecule has 1 amide bonds. The number of rotatable bonds is 5. The Morgan fingerprint density at radius 1 is 1.17 bits per heavy atom. The van der Waals surface area contributed by atoms with Crippen LogP contribution in [-0.4, -0.2) is 32.0 Å². The van der Waals surface area contributed by atoms with Crippen LogP contribution in [0.15, 0.2) is 54.6 Å². The fourth-order valence-electron chi connectivity index (χ4n) is 2.72. The molecule has 3 rings (SSSR count). The highest BCUT2D eigenvalue weighted by atomic mass is 19.4. The van der Waals surface area contributed by atoms with Crippen molar-refractivity contribution >= 4 is 11.6 Å². The molecule has 1 unspecified atom stereocenters. The Labute approximate surface area is 162 Å². The van der Waals surface area contributed by atoms with Gasteiger partial charge in [-0.3, -0.25) is 14.9 Å². The minimum atomic E-state index is -4.72. The number of nitro groups is 1. The van der Waals surface area contributed by atoms with E-state index >= 15 is 0 Å². The third kappa shape index (κ3) is 4.23. The van der Waals surface area contributed by atoms with Crippen LogP contribution in [0.1, 0.15) is 27.8 Å². The molecule has 0 aliphatic heterocycles. The highest BCUT2D eigenvalue weighted by Gasteiger charge is 2.42. The van der Waals surface area contributed by atoms with Crippen molar-refractivity contribution in [1.82, 2.24) is 20.3 Å². The Morgan fingerprint density at radius 2 is 1.86 bits per heavy atom. The van der Waals surface area contributed by atoms with Crippen molar-refractivity contribution in [3.05, 3.63) is 81.7 Å². The average Bonchev–Trinajstić information content (AvgIpc) is 3.07. The molecule has 0 saturated heterocycles. The molecular weight excluding hydrogens is 391 g/mol. The molecule has 1 heterocycles. The predicted molar refractivity (Wildman–Crippen MR) is 95.5 cm³/mol. The van der Waals surface area contributed by atoms with Crippen molar-refractivity contribution in [2.24, 2.45) is 0 Å². The van der Waals surface area contributed by atoms with Crippen molar-refractivity contribution in [3.63, 3.8) is 0 Å². The lowest BCUT2D eigenvalue weighted by Crippen LogP contribution is -2.38. The molecule has 0 fully saturated rings. The van der Waals surface area contributed by atoms with Gasteiger partial charge in [0, 0.05) is 12.1 Å². The van der Waals surface area contributed by atoms with E-state index in [-0.39, 0.29) is 28.3 Å². The molecule has 1 aromatic heterocycles. The normalized spacial score (nSPS) is 12.4. The minimum absolute atomic E-state index is 0.128. The lowest BCUT2D eigenvalue weighted by atomic mass is 10.1. The van der Waals surface area contributed by atoms with Crippen LogP contribution in [-0.2, 0) is 0 Å². The monoisotopic (exact) mass is 405 g/mol. The van der Waals surface area contributed by atoms with E-state index in [0.29, 0.717) is 0 Å². The predicted octanol–water partition coefficient (Wildman–Crippen LogP) is 3.52. The first kappa shape index (κ1) is 20.0. The summed E-state index contributed by atoms with van der Waals surface area (Å²) in [5, 5.41) is 20.3. The van der Waals surface area contributed by atoms with Crippen molar-refractivity contribution in [1.29, 1.82) is 0 Å². The third-order valence-electron chi connectivity index (χ3n) is 4.13. The van der Waals surface area contributed by atoms with E-state index in [0.717, 1.165) is 4.68 Å². The van der Waals surface area contributed by atoms with Crippen LogP contribution in [0, 0.1) is 17.0 Å². The summed E-state index contributed by atoms with van der Waals surface area (Å²) in [7, 11) is 0. The fraction of sp³-hybridized carbons (Fsp3) is 0.167. The number of nitro benzene ring substituents is 1. The first-order chi connectivity index (χ1) is 13.7. The van der Waals surface area contributed by atoms with E-state index in [2.05, 4.69) is 10.3 Å². The largest absolute Gasteiger partial charge is 0.412 e. The number of halogens is 3. The van der Waals surface area contributed by atoms with Crippen LogP contribution in [0.3, 0.4) is 0 Å². The van der Waals surface area contributed by atoms with Gasteiger partial charge in [0.25, 0.3) is 11.6 Å². The summed E-state index contributed by atoms with van der Waals surface area (Å²) >= 11 is 0. The number of carbonyl (C=O) groups excluding carboxylic acids is 1. The van der Waals surface area contributed by atoms with Crippen molar-refractivity contribution in [2.75, 3.05) is 0 Å². The summed E-state index contributed by atoms with van der Waals surface area (Å²) in [5.74, 6) is -1.06. The van der Waals surface area contributed by atoms with Crippen molar-refractivity contribution in [3.8, 4) is 5.69 Å². The molecule has 2 aromatic carbocycles. The summed E-state index contributed by atoms with van der Waals surface area (Å²) < 4.78 is 41.5. The Kier molecular flexibility index (Phi) is 5.31. The van der Waals surface area contributed by atoms with Gasteiger partial charge in [0.1, 0.15) is 0 Å². The molecule has 11 heteroatoms. The van der Waals surface area contributed by atoms with E-state index in [4.69, 9.17) is 0 Å². The van der Waals surface area contributed by atoms with E-state index in [1.54, 1.807) is 6.07 Å². The smallest absolute Gasteiger partial charge is 0.335 e. The van der Waals surface area contributed by atoms with Crippen LogP contribution in [0.2, 0.25) is 0 Å². The molecule has 0 aliphatic carbocycles. The lowest BCUT2D eigenvalue weighted by molar-refractivity contribution is -0.384. The number of amides is 1. The molecule has 1 N–H and O–H groups in total. The fourth-order valence-corrected chi connectivity index (χ4v) is 2.72. The second kappa shape index (κ2) is 7.70. The standard InChI is InChI=1S/C18H14F3N5O3/c1-11-15(23-24-25(11)13-8-5-9-14(10-13)26(28)29)17(27)22-16(18(19,20)21)12-6-3-2-4-7-12/h2-10,16H,1H3,(H,22,27). The quantitative estimate of drug-likeness (QED) is 0.517. The number of aromatic nitrogens is 3. The Bertz CT molecular complexity index is 1050. The van der Waals surface area contributed by atoms with Gasteiger partial charge in [0.05, 0.1) is 16.3 Å². The van der Waals surface area contributed by atoms with Gasteiger partial charge in [0.15, 0.2) is 11.7 Å². The number of nitrogens with zero attached hydrogens (tertiary/aromatic N) is 4. The van der Waals surface area contributed by atoms with Gasteiger partial charge in [-0.05, 0) is 18.6 Å². The molecule has 150 valence electrons. The van der Waals surface area contributed by atoms with Gasteiger partial charge in [-0.25, -0.2) is 4.68 Å². The van der Waals surface area contributed by atoms with Gasteiger partial charge >= 0.3 is 6.18 Å². The number of hydrogen-bond acceptors (Lipinski definition) is 5. The lowest BCUT2D eigenvalue weighted by Gasteiger charge is -2.21. The van der Waals surface area contributed by atoms with Gasteiger partial charge in [0.2, 0.25) is 0 Å². The highest BCUT2D eigenvalue weighted by Crippen LogP contribution is 2.32. The minimum Gasteiger partial charge on any atom is -0.335 e. The van der Waals surface area contributed by atoms with E-state index in [1.807, 2.05) is 5.32 Å². The van der Waals surface area contributed by atoms with Crippen LogP contribution in [0.4, 0.5) is 18.9 Å². The molecule has 29 heavy (non-hydrogen) atoms. The van der Waals surface area contributed by atoms with E-state index in [1.165, 1.54) is 55.5 Å². The second-order valence-corrected chi connectivity index (χ2v) is 6.07. The highest BCUT2D eigenvalue weighted by molar-refractivity contribution is 5.93. The summed E-state index contributed by atoms with van der Waals surface area (Å²) in [6.45, 7) is 1.43. The molecule has 3 aromatic rings. The topological polar surface area (TPSA) is 103 Å². The maximum Gasteiger partial charge on any atom is 0.412 e. The average molecular weight is 405 g/mol. The number of non-ortho nitro benzene ring substituents is 1. The van der Waals surface area contributed by atoms with E-state index in [9.17, 15) is 28.1 Å². The van der Waals surface area contributed by atoms with E-state index < -0.39 is 23.0 Å². The third-order valence-corrected chi connectivity index (χ3v) is 4.13. The Balaban J connectivity index is 1.91. The molecule has 8 nitrogen and oxygen atoms in total. The summed E-state index contributed by atoms with van der Waals surface area (Å²) in [6, 6.07) is 10.1. The number of carbonyl (C=O) groups is 1. The first-order valence-corrected chi connectivity index (χ1v) is 8.28. The number of hydrogen-bond donors (Lipinski definition) is 1. The van der Waals surface area contributed by atoms with Crippen molar-refractivity contribution < 1.29 is 22.9 Å². The molecule has 0 bridgehead atoms. The number of benzene rings is 2. The van der Waals surface area contributed by atoms with Gasteiger partial charge in [-0.1, -0.05) is 41.6 Å². The second-order valence-electron chi connectivity index (χ2n) is 6.07. The number of nitrogens with one attached hydrogen (secondary N) is 1. The Hall–Kier alpha value is -3.76. The zero-order valence-corrected chi connectivity index (χ0v) is 14.9. The van der Waals surface area contributed by atoms with Crippen LogP contribution in [0.5, 0.6) is 0 Å². The van der Waals surface area contributed by atoms with Gasteiger partial charge in [-0.2, -0.15) is 13.2 Å². The maximum absolute atomic E-state index is 13.5. The SMILES string of the molecule is Cc1c(C(=O)NC(c2ccccc2)C(F)(F)F)nnn1-c1cccc([N+](=O)[O-])c1. The Morgan fingerprint density at radius 3 is 2.48 bits per heavy atom. The zero-order chi connectivity index (χ0) is 21.2. The van der Waals surface area contributed by atoms with Gasteiger partial charge in [-0.15, -0.1) is 5.10 Å². The van der Waals surface area contributed by atoms with Crippen LogP contribution < -0.4 is 5.32 Å². The zero-order valence-electron chi connectivity index (χ0n) is 14.9. The molecule has 1 atom stereocenters. The molecular formula is C18H14F3N5O3. The molecule has 0 radical (unpaired) electrons. The van der Waals surface area contributed by atoms with Crippen molar-refractivity contribution in [2.45, 2.75) is 19.1 Å². The molecule has 0 aliphatic rings.